The zero-order valence-electron chi connectivity index (χ0n) is 24.3. The van der Waals surface area contributed by atoms with Crippen LogP contribution in [0, 0.1) is 0 Å². The Morgan fingerprint density at radius 2 is 1.67 bits per heavy atom. The lowest BCUT2D eigenvalue weighted by molar-refractivity contribution is -0.116. The summed E-state index contributed by atoms with van der Waals surface area (Å²) in [4.78, 5) is 14.1. The number of piperidine rings is 1. The maximum Gasteiger partial charge on any atom is 0.244 e. The first-order valence-corrected chi connectivity index (χ1v) is 13.8. The normalized spacial score (nSPS) is 16.8. The van der Waals surface area contributed by atoms with Crippen molar-refractivity contribution >= 4 is 17.6 Å². The summed E-state index contributed by atoms with van der Waals surface area (Å²) in [5.74, 6) is 0.725. The van der Waals surface area contributed by atoms with Crippen molar-refractivity contribution in [1.29, 1.82) is 0 Å². The predicted octanol–water partition coefficient (Wildman–Crippen LogP) is 7.36. The molecule has 2 aromatic carbocycles. The van der Waals surface area contributed by atoms with Gasteiger partial charge in [-0.25, -0.2) is 0 Å². The van der Waals surface area contributed by atoms with Gasteiger partial charge in [0.15, 0.2) is 0 Å². The Labute approximate surface area is 235 Å². The summed E-state index contributed by atoms with van der Waals surface area (Å²) in [5.41, 5.74) is 7.64. The topological polar surface area (TPSA) is 41.6 Å². The second kappa shape index (κ2) is 14.5. The summed E-state index contributed by atoms with van der Waals surface area (Å²) in [6.07, 6.45) is 14.9. The summed E-state index contributed by atoms with van der Waals surface area (Å²) in [5, 5.41) is 2.61. The highest BCUT2D eigenvalue weighted by atomic mass is 16.5. The molecule has 4 nitrogen and oxygen atoms in total. The fourth-order valence-corrected chi connectivity index (χ4v) is 5.08. The monoisotopic (exact) mass is 524 g/mol. The van der Waals surface area contributed by atoms with Gasteiger partial charge in [-0.1, -0.05) is 72.4 Å². The Morgan fingerprint density at radius 3 is 2.33 bits per heavy atom. The quantitative estimate of drug-likeness (QED) is 0.223. The first-order chi connectivity index (χ1) is 18.8. The molecule has 2 aliphatic rings. The molecule has 206 valence electrons. The highest BCUT2D eigenvalue weighted by Gasteiger charge is 2.37. The van der Waals surface area contributed by atoms with Crippen LogP contribution in [0.25, 0.3) is 11.6 Å². The maximum absolute atomic E-state index is 11.5. The summed E-state index contributed by atoms with van der Waals surface area (Å²) < 4.78 is 5.96. The molecular weight excluding hydrogens is 480 g/mol. The molecule has 0 aromatic heterocycles. The van der Waals surface area contributed by atoms with Crippen molar-refractivity contribution in [2.75, 3.05) is 33.3 Å². The lowest BCUT2D eigenvalue weighted by atomic mass is 9.74. The van der Waals surface area contributed by atoms with Gasteiger partial charge in [0.1, 0.15) is 12.4 Å². The van der Waals surface area contributed by atoms with Gasteiger partial charge >= 0.3 is 0 Å². The Hall–Kier alpha value is -3.63. The standard InChI is InChI=1S/C32H38N2O2.C3H6/c1-24(22-34-19-17-32(18-20-34)16-15-28-7-5-6-8-30(28)32)9-10-25(2)23-36-29-13-11-27(12-14-29)26(3)21-31(35)33-4;1-3-2/h5-16,21H,17-20,22-23H2,1-4H3,(H,33,35);3H,1H2,2H3/b24-9+,25-10+,26-21+;. The van der Waals surface area contributed by atoms with Crippen molar-refractivity contribution < 1.29 is 9.53 Å². The molecule has 1 amide bonds. The van der Waals surface area contributed by atoms with E-state index in [-0.39, 0.29) is 11.3 Å². The van der Waals surface area contributed by atoms with Crippen molar-refractivity contribution in [3.63, 3.8) is 0 Å². The molecule has 1 spiro atoms. The molecule has 1 N–H and O–H groups in total. The first-order valence-electron chi connectivity index (χ1n) is 13.8. The molecule has 1 saturated heterocycles. The Morgan fingerprint density at radius 1 is 1.03 bits per heavy atom. The van der Waals surface area contributed by atoms with E-state index in [0.29, 0.717) is 6.61 Å². The number of carbonyl (C=O) groups excluding carboxylic acids is 1. The molecule has 0 atom stereocenters. The number of likely N-dealkylation sites (tertiary alicyclic amines) is 1. The number of carbonyl (C=O) groups is 1. The van der Waals surface area contributed by atoms with E-state index in [1.54, 1.807) is 19.2 Å². The van der Waals surface area contributed by atoms with Gasteiger partial charge in [0.2, 0.25) is 5.91 Å². The van der Waals surface area contributed by atoms with E-state index in [9.17, 15) is 4.79 Å². The number of benzene rings is 2. The number of nitrogens with one attached hydrogen (secondary N) is 1. The third-order valence-corrected chi connectivity index (χ3v) is 7.32. The number of ether oxygens (including phenoxy) is 1. The minimum Gasteiger partial charge on any atom is -0.489 e. The third kappa shape index (κ3) is 8.43. The lowest BCUT2D eigenvalue weighted by Crippen LogP contribution is -2.41. The van der Waals surface area contributed by atoms with Crippen LogP contribution < -0.4 is 10.1 Å². The van der Waals surface area contributed by atoms with Gasteiger partial charge in [-0.15, -0.1) is 6.58 Å². The van der Waals surface area contributed by atoms with Crippen LogP contribution in [0.2, 0.25) is 0 Å². The van der Waals surface area contributed by atoms with E-state index >= 15 is 0 Å². The van der Waals surface area contributed by atoms with Gasteiger partial charge in [0.05, 0.1) is 0 Å². The summed E-state index contributed by atoms with van der Waals surface area (Å²) in [6.45, 7) is 15.3. The van der Waals surface area contributed by atoms with E-state index < -0.39 is 0 Å². The number of fused-ring (bicyclic) bond motifs is 2. The van der Waals surface area contributed by atoms with Crippen LogP contribution in [0.4, 0.5) is 0 Å². The van der Waals surface area contributed by atoms with Crippen molar-refractivity contribution in [1.82, 2.24) is 10.2 Å². The van der Waals surface area contributed by atoms with Crippen LogP contribution in [-0.2, 0) is 10.2 Å². The highest BCUT2D eigenvalue weighted by Crippen LogP contribution is 2.43. The molecule has 1 aliphatic heterocycles. The number of rotatable bonds is 8. The first kappa shape index (κ1) is 29.9. The smallest absolute Gasteiger partial charge is 0.244 e. The number of allylic oxidation sites excluding steroid dienone is 5. The number of likely N-dealkylation sites (N-methyl/N-ethyl adjacent to an activating group) is 1. The van der Waals surface area contributed by atoms with Crippen LogP contribution in [0.5, 0.6) is 5.75 Å². The van der Waals surface area contributed by atoms with Crippen molar-refractivity contribution in [2.24, 2.45) is 0 Å². The Bertz CT molecular complexity index is 1240. The molecule has 1 heterocycles. The van der Waals surface area contributed by atoms with Gasteiger partial charge in [-0.3, -0.25) is 9.69 Å². The van der Waals surface area contributed by atoms with E-state index in [1.807, 2.05) is 38.1 Å². The largest absolute Gasteiger partial charge is 0.489 e. The van der Waals surface area contributed by atoms with E-state index in [2.05, 4.69) is 79.2 Å². The minimum atomic E-state index is -0.0992. The second-order valence-electron chi connectivity index (χ2n) is 10.5. The number of amides is 1. The Balaban J connectivity index is 0.00000134. The molecule has 1 aliphatic carbocycles. The van der Waals surface area contributed by atoms with E-state index in [4.69, 9.17) is 4.74 Å². The van der Waals surface area contributed by atoms with Crippen molar-refractivity contribution in [3.05, 3.63) is 113 Å². The molecule has 0 bridgehead atoms. The zero-order valence-corrected chi connectivity index (χ0v) is 24.3. The molecular formula is C35H44N2O2. The van der Waals surface area contributed by atoms with Gasteiger partial charge in [-0.2, -0.15) is 0 Å². The Kier molecular flexibility index (Phi) is 11.1. The van der Waals surface area contributed by atoms with Crippen LogP contribution in [0.15, 0.2) is 96.6 Å². The summed E-state index contributed by atoms with van der Waals surface area (Å²) >= 11 is 0. The number of hydrogen-bond acceptors (Lipinski definition) is 3. The highest BCUT2D eigenvalue weighted by molar-refractivity contribution is 5.94. The van der Waals surface area contributed by atoms with Gasteiger partial charge < -0.3 is 10.1 Å². The number of hydrogen-bond donors (Lipinski definition) is 1. The average Bonchev–Trinajstić information content (AvgIpc) is 3.30. The molecule has 0 saturated carbocycles. The van der Waals surface area contributed by atoms with Gasteiger partial charge in [-0.05, 0) is 93.6 Å². The van der Waals surface area contributed by atoms with E-state index in [0.717, 1.165) is 36.5 Å². The fourth-order valence-electron chi connectivity index (χ4n) is 5.08. The van der Waals surface area contributed by atoms with Crippen molar-refractivity contribution in [3.8, 4) is 5.75 Å². The second-order valence-corrected chi connectivity index (χ2v) is 10.5. The molecule has 4 rings (SSSR count). The third-order valence-electron chi connectivity index (χ3n) is 7.32. The van der Waals surface area contributed by atoms with Crippen LogP contribution in [-0.4, -0.2) is 44.1 Å². The minimum absolute atomic E-state index is 0.0992. The fraction of sp³-hybridized carbons (Fsp3) is 0.343. The molecule has 0 radical (unpaired) electrons. The van der Waals surface area contributed by atoms with Gasteiger partial charge in [0.25, 0.3) is 0 Å². The molecule has 2 aromatic rings. The molecule has 39 heavy (non-hydrogen) atoms. The zero-order chi connectivity index (χ0) is 28.3. The summed E-state index contributed by atoms with van der Waals surface area (Å²) in [7, 11) is 1.63. The average molecular weight is 525 g/mol. The predicted molar refractivity (Wildman–Crippen MR) is 166 cm³/mol. The molecule has 0 unspecified atom stereocenters. The molecule has 1 fully saturated rings. The SMILES string of the molecule is C=CC.CNC(=O)/C=C(\C)c1ccc(OC/C(C)=C/C=C(\C)CN2CCC3(C=Cc4ccccc43)CC2)cc1. The molecule has 4 heteroatoms. The lowest BCUT2D eigenvalue weighted by Gasteiger charge is -2.39. The number of nitrogens with zero attached hydrogens (tertiary/aromatic N) is 1. The van der Waals surface area contributed by atoms with Crippen LogP contribution >= 0.6 is 0 Å². The summed E-state index contributed by atoms with van der Waals surface area (Å²) in [6, 6.07) is 16.7. The van der Waals surface area contributed by atoms with Gasteiger partial charge in [0, 0.05) is 25.1 Å². The van der Waals surface area contributed by atoms with Crippen LogP contribution in [0.3, 0.4) is 0 Å². The van der Waals surface area contributed by atoms with Crippen molar-refractivity contribution in [2.45, 2.75) is 46.0 Å². The van der Waals surface area contributed by atoms with E-state index in [1.165, 1.54) is 35.1 Å². The van der Waals surface area contributed by atoms with Crippen LogP contribution in [0.1, 0.15) is 57.2 Å². The maximum atomic E-state index is 11.5.